The number of hydrogen-bond donors (Lipinski definition) is 3. The third-order valence-corrected chi connectivity index (χ3v) is 6.50. The molecule has 32 heavy (non-hydrogen) atoms. The number of aromatic amines is 1. The molecule has 1 aliphatic heterocycles. The Balaban J connectivity index is 1.19. The van der Waals surface area contributed by atoms with Crippen molar-refractivity contribution in [3.05, 3.63) is 76.5 Å². The van der Waals surface area contributed by atoms with Crippen molar-refractivity contribution in [2.75, 3.05) is 30.3 Å². The van der Waals surface area contributed by atoms with Crippen LogP contribution in [0.25, 0.3) is 10.9 Å². The molecule has 164 valence electrons. The summed E-state index contributed by atoms with van der Waals surface area (Å²) >= 11 is 3.56. The van der Waals surface area contributed by atoms with E-state index < -0.39 is 0 Å². The Morgan fingerprint density at radius 2 is 1.84 bits per heavy atom. The monoisotopic (exact) mass is 490 g/mol. The average molecular weight is 491 g/mol. The molecule has 0 spiro atoms. The van der Waals surface area contributed by atoms with Gasteiger partial charge < -0.3 is 15.6 Å². The Morgan fingerprint density at radius 3 is 2.69 bits per heavy atom. The molecule has 4 aromatic rings. The predicted molar refractivity (Wildman–Crippen MR) is 134 cm³/mol. The van der Waals surface area contributed by atoms with Gasteiger partial charge in [0.05, 0.1) is 4.47 Å². The van der Waals surface area contributed by atoms with Crippen molar-refractivity contribution in [3.8, 4) is 0 Å². The van der Waals surface area contributed by atoms with Crippen molar-refractivity contribution in [1.29, 1.82) is 0 Å². The summed E-state index contributed by atoms with van der Waals surface area (Å²) < 4.78 is 0.850. The molecule has 0 amide bonds. The number of benzene rings is 2. The Labute approximate surface area is 196 Å². The van der Waals surface area contributed by atoms with Gasteiger partial charge in [-0.1, -0.05) is 30.3 Å². The summed E-state index contributed by atoms with van der Waals surface area (Å²) in [5.74, 6) is 1.36. The molecule has 0 radical (unpaired) electrons. The third-order valence-electron chi connectivity index (χ3n) is 5.92. The summed E-state index contributed by atoms with van der Waals surface area (Å²) in [7, 11) is 0. The Kier molecular flexibility index (Phi) is 6.36. The molecule has 0 saturated carbocycles. The minimum atomic E-state index is 0.579. The zero-order valence-electron chi connectivity index (χ0n) is 17.9. The molecule has 2 aromatic carbocycles. The lowest BCUT2D eigenvalue weighted by Crippen LogP contribution is -2.18. The van der Waals surface area contributed by atoms with E-state index in [1.165, 1.54) is 48.0 Å². The number of anilines is 3. The first-order chi connectivity index (χ1) is 15.7. The number of nitrogens with one attached hydrogen (secondary N) is 3. The maximum atomic E-state index is 4.66. The number of aromatic nitrogens is 3. The molecule has 6 nitrogen and oxygen atoms in total. The van der Waals surface area contributed by atoms with Gasteiger partial charge >= 0.3 is 0 Å². The van der Waals surface area contributed by atoms with E-state index in [0.29, 0.717) is 5.95 Å². The molecule has 0 atom stereocenters. The van der Waals surface area contributed by atoms with Gasteiger partial charge in [-0.25, -0.2) is 4.98 Å². The highest BCUT2D eigenvalue weighted by atomic mass is 79.9. The normalized spacial score (nSPS) is 14.2. The van der Waals surface area contributed by atoms with E-state index in [1.807, 2.05) is 0 Å². The van der Waals surface area contributed by atoms with Gasteiger partial charge in [-0.3, -0.25) is 4.90 Å². The van der Waals surface area contributed by atoms with E-state index in [-0.39, 0.29) is 0 Å². The van der Waals surface area contributed by atoms with Crippen molar-refractivity contribution in [1.82, 2.24) is 19.9 Å². The van der Waals surface area contributed by atoms with E-state index in [9.17, 15) is 0 Å². The maximum Gasteiger partial charge on any atom is 0.229 e. The van der Waals surface area contributed by atoms with Gasteiger partial charge in [0, 0.05) is 42.1 Å². The zero-order chi connectivity index (χ0) is 21.8. The van der Waals surface area contributed by atoms with Gasteiger partial charge in [0.25, 0.3) is 0 Å². The van der Waals surface area contributed by atoms with Crippen molar-refractivity contribution in [2.24, 2.45) is 0 Å². The van der Waals surface area contributed by atoms with Gasteiger partial charge in [0.1, 0.15) is 5.82 Å². The fraction of sp³-hybridized carbons (Fsp3) is 0.280. The van der Waals surface area contributed by atoms with Crippen LogP contribution in [0, 0.1) is 0 Å². The van der Waals surface area contributed by atoms with Crippen molar-refractivity contribution >= 4 is 44.3 Å². The molecule has 1 fully saturated rings. The number of fused-ring (bicyclic) bond motifs is 1. The fourth-order valence-corrected chi connectivity index (χ4v) is 4.56. The van der Waals surface area contributed by atoms with Crippen LogP contribution >= 0.6 is 15.9 Å². The van der Waals surface area contributed by atoms with Gasteiger partial charge in [-0.05, 0) is 77.6 Å². The highest BCUT2D eigenvalue weighted by molar-refractivity contribution is 9.10. The van der Waals surface area contributed by atoms with Gasteiger partial charge in [-0.15, -0.1) is 0 Å². The topological polar surface area (TPSA) is 68.9 Å². The Bertz CT molecular complexity index is 1180. The molecular weight excluding hydrogens is 464 g/mol. The lowest BCUT2D eigenvalue weighted by Gasteiger charge is -2.15. The van der Waals surface area contributed by atoms with Crippen molar-refractivity contribution in [3.63, 3.8) is 0 Å². The van der Waals surface area contributed by atoms with Crippen LogP contribution in [0.1, 0.15) is 24.0 Å². The minimum absolute atomic E-state index is 0.579. The molecule has 3 heterocycles. The lowest BCUT2D eigenvalue weighted by atomic mass is 10.1. The van der Waals surface area contributed by atoms with Crippen molar-refractivity contribution < 1.29 is 0 Å². The Hall–Kier alpha value is -2.90. The van der Waals surface area contributed by atoms with E-state index in [2.05, 4.69) is 101 Å². The number of H-pyrrole nitrogens is 1. The molecule has 5 rings (SSSR count). The molecular formula is C25H27BrN6. The fourth-order valence-electron chi connectivity index (χ4n) is 4.23. The molecule has 7 heteroatoms. The Morgan fingerprint density at radius 1 is 1.03 bits per heavy atom. The lowest BCUT2D eigenvalue weighted by molar-refractivity contribution is 0.331. The van der Waals surface area contributed by atoms with Crippen LogP contribution in [0.4, 0.5) is 17.5 Å². The first kappa shape index (κ1) is 21.0. The predicted octanol–water partition coefficient (Wildman–Crippen LogP) is 5.71. The molecule has 0 unspecified atom stereocenters. The molecule has 2 aromatic heterocycles. The smallest absolute Gasteiger partial charge is 0.229 e. The first-order valence-corrected chi connectivity index (χ1v) is 11.9. The SMILES string of the molecule is Brc1cnc(Nc2ccc(CN3CCCC3)cc2)nc1NCCc1c[nH]c2ccccc12. The molecule has 0 bridgehead atoms. The number of hydrogen-bond acceptors (Lipinski definition) is 5. The standard InChI is InChI=1S/C25H27BrN6/c26-22-16-29-25(30-20-9-7-18(8-10-20)17-32-13-3-4-14-32)31-24(22)27-12-11-19-15-28-23-6-2-1-5-21(19)23/h1-2,5-10,15-16,28H,3-4,11-14,17H2,(H2,27,29,30,31). The van der Waals surface area contributed by atoms with Crippen LogP contribution in [0.15, 0.2) is 65.4 Å². The molecule has 1 saturated heterocycles. The van der Waals surface area contributed by atoms with E-state index >= 15 is 0 Å². The van der Waals surface area contributed by atoms with Crippen LogP contribution < -0.4 is 10.6 Å². The summed E-state index contributed by atoms with van der Waals surface area (Å²) in [6.07, 6.45) is 7.41. The van der Waals surface area contributed by atoms with Gasteiger partial charge in [-0.2, -0.15) is 4.98 Å². The second-order valence-corrected chi connectivity index (χ2v) is 9.09. The second-order valence-electron chi connectivity index (χ2n) is 8.23. The molecule has 1 aliphatic rings. The summed E-state index contributed by atoms with van der Waals surface area (Å²) in [5.41, 5.74) is 4.80. The van der Waals surface area contributed by atoms with E-state index in [4.69, 9.17) is 0 Å². The minimum Gasteiger partial charge on any atom is -0.369 e. The van der Waals surface area contributed by atoms with Gasteiger partial charge in [0.2, 0.25) is 5.95 Å². The third kappa shape index (κ3) is 4.95. The zero-order valence-corrected chi connectivity index (χ0v) is 19.5. The van der Waals surface area contributed by atoms with Crippen LogP contribution in [-0.4, -0.2) is 39.5 Å². The van der Waals surface area contributed by atoms with Crippen LogP contribution in [-0.2, 0) is 13.0 Å². The number of para-hydroxylation sites is 1. The summed E-state index contributed by atoms with van der Waals surface area (Å²) in [5, 5.41) is 8.02. The summed E-state index contributed by atoms with van der Waals surface area (Å²) in [6.45, 7) is 4.23. The summed E-state index contributed by atoms with van der Waals surface area (Å²) in [4.78, 5) is 14.9. The van der Waals surface area contributed by atoms with Crippen molar-refractivity contribution in [2.45, 2.75) is 25.8 Å². The van der Waals surface area contributed by atoms with Crippen LogP contribution in [0.5, 0.6) is 0 Å². The second kappa shape index (κ2) is 9.71. The number of halogens is 1. The van der Waals surface area contributed by atoms with Crippen LogP contribution in [0.2, 0.25) is 0 Å². The first-order valence-electron chi connectivity index (χ1n) is 11.1. The van der Waals surface area contributed by atoms with Gasteiger partial charge in [0.15, 0.2) is 0 Å². The van der Waals surface area contributed by atoms with E-state index in [1.54, 1.807) is 6.20 Å². The molecule has 0 aliphatic carbocycles. The average Bonchev–Trinajstić information content (AvgIpc) is 3.47. The largest absolute Gasteiger partial charge is 0.369 e. The molecule has 3 N–H and O–H groups in total. The highest BCUT2D eigenvalue weighted by Crippen LogP contribution is 2.23. The highest BCUT2D eigenvalue weighted by Gasteiger charge is 2.12. The number of likely N-dealkylation sites (tertiary alicyclic amines) is 1. The maximum absolute atomic E-state index is 4.66. The quantitative estimate of drug-likeness (QED) is 0.295. The number of rotatable bonds is 8. The van der Waals surface area contributed by atoms with E-state index in [0.717, 1.165) is 35.5 Å². The summed E-state index contributed by atoms with van der Waals surface area (Å²) in [6, 6.07) is 16.9. The van der Waals surface area contributed by atoms with Crippen LogP contribution in [0.3, 0.4) is 0 Å². The number of nitrogens with zero attached hydrogens (tertiary/aromatic N) is 3.